The summed E-state index contributed by atoms with van der Waals surface area (Å²) in [5.74, 6) is -2.02. The van der Waals surface area contributed by atoms with E-state index in [1.54, 1.807) is 11.8 Å². The van der Waals surface area contributed by atoms with Crippen LogP contribution in [0, 0.1) is 11.7 Å². The molecule has 2 atom stereocenters. The molecule has 0 aromatic heterocycles. The average molecular weight is 475 g/mol. The lowest BCUT2D eigenvalue weighted by molar-refractivity contribution is -0.163. The number of rotatable bonds is 5. The van der Waals surface area contributed by atoms with Gasteiger partial charge in [-0.25, -0.2) is 12.8 Å². The van der Waals surface area contributed by atoms with E-state index in [0.29, 0.717) is 25.9 Å². The summed E-state index contributed by atoms with van der Waals surface area (Å²) in [6, 6.07) is 12.6. The highest BCUT2D eigenvalue weighted by atomic mass is 32.2. The molecule has 0 saturated carbocycles. The summed E-state index contributed by atoms with van der Waals surface area (Å²) in [4.78, 5) is 27.3. The molecule has 0 bridgehead atoms. The Hall–Kier alpha value is -2.78. The molecule has 0 aliphatic carbocycles. The smallest absolute Gasteiger partial charge is 0.311 e. The number of benzene rings is 2. The van der Waals surface area contributed by atoms with Gasteiger partial charge in [0.1, 0.15) is 5.82 Å². The number of piperidine rings is 1. The number of ether oxygens (including phenoxy) is 1. The van der Waals surface area contributed by atoms with Gasteiger partial charge in [0.05, 0.1) is 10.8 Å². The Labute approximate surface area is 193 Å². The number of amides is 1. The number of hydrogen-bond acceptors (Lipinski definition) is 5. The Morgan fingerprint density at radius 2 is 1.76 bits per heavy atom. The van der Waals surface area contributed by atoms with Crippen molar-refractivity contribution in [2.45, 2.75) is 43.7 Å². The molecule has 176 valence electrons. The predicted octanol–water partition coefficient (Wildman–Crippen LogP) is 2.74. The molecule has 1 fully saturated rings. The molecule has 1 amide bonds. The topological polar surface area (TPSA) is 84.0 Å². The van der Waals surface area contributed by atoms with Crippen molar-refractivity contribution in [2.75, 3.05) is 19.6 Å². The maximum absolute atomic E-state index is 13.2. The van der Waals surface area contributed by atoms with E-state index in [2.05, 4.69) is 6.07 Å². The lowest BCUT2D eigenvalue weighted by atomic mass is 9.99. The van der Waals surface area contributed by atoms with E-state index in [9.17, 15) is 22.4 Å². The van der Waals surface area contributed by atoms with Crippen molar-refractivity contribution in [1.82, 2.24) is 9.21 Å². The van der Waals surface area contributed by atoms with Gasteiger partial charge in [0, 0.05) is 26.2 Å². The highest BCUT2D eigenvalue weighted by Crippen LogP contribution is 2.26. The number of halogens is 1. The van der Waals surface area contributed by atoms with Crippen LogP contribution in [-0.4, -0.2) is 55.2 Å². The van der Waals surface area contributed by atoms with Gasteiger partial charge in [0.25, 0.3) is 5.91 Å². The van der Waals surface area contributed by atoms with Crippen LogP contribution in [0.1, 0.15) is 30.9 Å². The zero-order valence-electron chi connectivity index (χ0n) is 18.4. The summed E-state index contributed by atoms with van der Waals surface area (Å²) >= 11 is 0. The molecule has 1 saturated heterocycles. The van der Waals surface area contributed by atoms with Gasteiger partial charge >= 0.3 is 5.97 Å². The average Bonchev–Trinajstić information content (AvgIpc) is 2.83. The van der Waals surface area contributed by atoms with E-state index in [-0.39, 0.29) is 23.9 Å². The second-order valence-electron chi connectivity index (χ2n) is 8.51. The molecule has 2 aliphatic rings. The number of fused-ring (bicyclic) bond motifs is 1. The van der Waals surface area contributed by atoms with Gasteiger partial charge in [-0.3, -0.25) is 9.59 Å². The van der Waals surface area contributed by atoms with E-state index < -0.39 is 33.8 Å². The minimum absolute atomic E-state index is 0.0214. The van der Waals surface area contributed by atoms with Gasteiger partial charge in [-0.2, -0.15) is 4.31 Å². The first-order valence-corrected chi connectivity index (χ1v) is 12.5. The number of sulfonamides is 1. The highest BCUT2D eigenvalue weighted by molar-refractivity contribution is 7.89. The molecule has 2 aromatic carbocycles. The lowest BCUT2D eigenvalue weighted by Gasteiger charge is -2.33. The van der Waals surface area contributed by atoms with Gasteiger partial charge in [0.15, 0.2) is 6.10 Å². The summed E-state index contributed by atoms with van der Waals surface area (Å²) in [6.45, 7) is 2.83. The molecule has 7 nitrogen and oxygen atoms in total. The first kappa shape index (κ1) is 23.4. The van der Waals surface area contributed by atoms with Gasteiger partial charge < -0.3 is 9.64 Å². The fraction of sp³-hybridized carbons (Fsp3) is 0.417. The first-order chi connectivity index (χ1) is 15.8. The predicted molar refractivity (Wildman–Crippen MR) is 119 cm³/mol. The highest BCUT2D eigenvalue weighted by Gasteiger charge is 2.36. The van der Waals surface area contributed by atoms with Gasteiger partial charge in [-0.1, -0.05) is 24.3 Å². The number of hydrogen-bond donors (Lipinski definition) is 0. The molecule has 0 radical (unpaired) electrons. The van der Waals surface area contributed by atoms with Crippen LogP contribution in [-0.2, 0) is 37.3 Å². The molecule has 2 aromatic rings. The van der Waals surface area contributed by atoms with E-state index in [1.165, 1.54) is 22.0 Å². The van der Waals surface area contributed by atoms with E-state index in [1.807, 2.05) is 18.2 Å². The SMILES string of the molecule is CC(OC(=O)C1CCCN(S(=O)(=O)c2ccc(F)cc2)C1)C(=O)N1CCc2ccccc2C1. The van der Waals surface area contributed by atoms with Gasteiger partial charge in [-0.15, -0.1) is 0 Å². The first-order valence-electron chi connectivity index (χ1n) is 11.1. The summed E-state index contributed by atoms with van der Waals surface area (Å²) in [7, 11) is -3.85. The van der Waals surface area contributed by atoms with Crippen molar-refractivity contribution in [3.05, 3.63) is 65.5 Å². The number of nitrogens with zero attached hydrogens (tertiary/aromatic N) is 2. The maximum atomic E-state index is 13.2. The van der Waals surface area contributed by atoms with E-state index in [0.717, 1.165) is 24.1 Å². The number of carbonyl (C=O) groups is 2. The molecule has 2 aliphatic heterocycles. The van der Waals surface area contributed by atoms with Gasteiger partial charge in [0.2, 0.25) is 10.0 Å². The molecule has 9 heteroatoms. The van der Waals surface area contributed by atoms with Crippen LogP contribution in [0.3, 0.4) is 0 Å². The molecular formula is C24H27FN2O5S. The van der Waals surface area contributed by atoms with Crippen LogP contribution in [0.4, 0.5) is 4.39 Å². The zero-order valence-corrected chi connectivity index (χ0v) is 19.3. The van der Waals surface area contributed by atoms with Crippen molar-refractivity contribution in [1.29, 1.82) is 0 Å². The zero-order chi connectivity index (χ0) is 23.6. The van der Waals surface area contributed by atoms with Crippen molar-refractivity contribution in [3.63, 3.8) is 0 Å². The quantitative estimate of drug-likeness (QED) is 0.623. The third-order valence-electron chi connectivity index (χ3n) is 6.25. The molecular weight excluding hydrogens is 447 g/mol. The second-order valence-corrected chi connectivity index (χ2v) is 10.5. The fourth-order valence-electron chi connectivity index (χ4n) is 4.37. The van der Waals surface area contributed by atoms with Crippen molar-refractivity contribution < 1.29 is 27.1 Å². The minimum Gasteiger partial charge on any atom is -0.452 e. The molecule has 33 heavy (non-hydrogen) atoms. The van der Waals surface area contributed by atoms with Crippen LogP contribution >= 0.6 is 0 Å². The molecule has 4 rings (SSSR count). The molecule has 2 heterocycles. The van der Waals surface area contributed by atoms with Crippen molar-refractivity contribution in [3.8, 4) is 0 Å². The van der Waals surface area contributed by atoms with Crippen LogP contribution in [0.5, 0.6) is 0 Å². The summed E-state index contributed by atoms with van der Waals surface area (Å²) in [5, 5.41) is 0. The normalized spacial score (nSPS) is 20.1. The molecule has 0 N–H and O–H groups in total. The fourth-order valence-corrected chi connectivity index (χ4v) is 5.89. The standard InChI is InChI=1S/C24H27FN2O5S/c1-17(23(28)26-14-12-18-5-2-3-6-19(18)15-26)32-24(29)20-7-4-13-27(16-20)33(30,31)22-10-8-21(25)9-11-22/h2-3,5-6,8-11,17,20H,4,7,12-16H2,1H3. The lowest BCUT2D eigenvalue weighted by Crippen LogP contribution is -2.46. The Morgan fingerprint density at radius 3 is 2.48 bits per heavy atom. The Kier molecular flexibility index (Phi) is 6.81. The molecule has 0 spiro atoms. The van der Waals surface area contributed by atoms with E-state index >= 15 is 0 Å². The Morgan fingerprint density at radius 1 is 1.06 bits per heavy atom. The third kappa shape index (κ3) is 5.09. The van der Waals surface area contributed by atoms with Crippen molar-refractivity contribution >= 4 is 21.9 Å². The van der Waals surface area contributed by atoms with Crippen LogP contribution < -0.4 is 0 Å². The number of esters is 1. The van der Waals surface area contributed by atoms with Crippen molar-refractivity contribution in [2.24, 2.45) is 5.92 Å². The van der Waals surface area contributed by atoms with Crippen LogP contribution in [0.15, 0.2) is 53.4 Å². The summed E-state index contributed by atoms with van der Waals surface area (Å²) < 4.78 is 45.7. The molecule has 2 unspecified atom stereocenters. The Bertz CT molecular complexity index is 1140. The second kappa shape index (κ2) is 9.61. The van der Waals surface area contributed by atoms with E-state index in [4.69, 9.17) is 4.74 Å². The summed E-state index contributed by atoms with van der Waals surface area (Å²) in [6.07, 6.45) is 0.769. The Balaban J connectivity index is 1.37. The summed E-state index contributed by atoms with van der Waals surface area (Å²) in [5.41, 5.74) is 2.31. The largest absolute Gasteiger partial charge is 0.452 e. The third-order valence-corrected chi connectivity index (χ3v) is 8.13. The minimum atomic E-state index is -3.85. The van der Waals surface area contributed by atoms with Crippen LogP contribution in [0.2, 0.25) is 0 Å². The maximum Gasteiger partial charge on any atom is 0.311 e. The van der Waals surface area contributed by atoms with Gasteiger partial charge in [-0.05, 0) is 61.6 Å². The monoisotopic (exact) mass is 474 g/mol. The van der Waals surface area contributed by atoms with Crippen LogP contribution in [0.25, 0.3) is 0 Å². The number of carbonyl (C=O) groups excluding carboxylic acids is 2.